The normalized spacial score (nSPS) is 15.1. The number of amides is 1. The zero-order chi connectivity index (χ0) is 18.6. The molecule has 0 atom stereocenters. The number of aromatic nitrogens is 2. The number of rotatable bonds is 5. The molecular formula is C22H25N3OS. The van der Waals surface area contributed by atoms with Crippen LogP contribution in [0, 0.1) is 0 Å². The first-order valence-corrected chi connectivity index (χ1v) is 10.9. The van der Waals surface area contributed by atoms with Crippen LogP contribution < -0.4 is 5.32 Å². The SMILES string of the molecule is CSc1cccc(NC(=O)Cn2c(C3CCCCC3)nc3ccccc32)c1. The summed E-state index contributed by atoms with van der Waals surface area (Å²) in [5.74, 6) is 1.52. The Kier molecular flexibility index (Phi) is 5.48. The van der Waals surface area contributed by atoms with Crippen molar-refractivity contribution in [2.45, 2.75) is 49.5 Å². The Hall–Kier alpha value is -2.27. The molecule has 1 aromatic heterocycles. The summed E-state index contributed by atoms with van der Waals surface area (Å²) in [4.78, 5) is 18.8. The van der Waals surface area contributed by atoms with Gasteiger partial charge in [-0.3, -0.25) is 4.79 Å². The van der Waals surface area contributed by atoms with Gasteiger partial charge in [-0.25, -0.2) is 4.98 Å². The Labute approximate surface area is 164 Å². The number of nitrogens with zero attached hydrogens (tertiary/aromatic N) is 2. The predicted octanol–water partition coefficient (Wildman–Crippen LogP) is 5.44. The smallest absolute Gasteiger partial charge is 0.244 e. The standard InChI is InChI=1S/C22H25N3OS/c1-27-18-11-7-10-17(14-18)23-21(26)15-25-20-13-6-5-12-19(20)24-22(25)16-8-3-2-4-9-16/h5-7,10-14,16H,2-4,8-9,15H2,1H3,(H,23,26). The Morgan fingerprint density at radius 1 is 1.15 bits per heavy atom. The Balaban J connectivity index is 1.60. The number of nitrogens with one attached hydrogen (secondary N) is 1. The maximum atomic E-state index is 12.8. The average molecular weight is 380 g/mol. The van der Waals surface area contributed by atoms with Crippen LogP contribution in [0.1, 0.15) is 43.8 Å². The largest absolute Gasteiger partial charge is 0.324 e. The van der Waals surface area contributed by atoms with Crippen molar-refractivity contribution in [3.8, 4) is 0 Å². The van der Waals surface area contributed by atoms with Gasteiger partial charge in [0.2, 0.25) is 5.91 Å². The lowest BCUT2D eigenvalue weighted by Gasteiger charge is -2.22. The predicted molar refractivity (Wildman–Crippen MR) is 112 cm³/mol. The molecule has 1 aliphatic carbocycles. The Morgan fingerprint density at radius 2 is 1.96 bits per heavy atom. The summed E-state index contributed by atoms with van der Waals surface area (Å²) in [6, 6.07) is 16.1. The number of carbonyl (C=O) groups is 1. The first kappa shape index (κ1) is 18.1. The molecule has 0 saturated heterocycles. The molecule has 1 N–H and O–H groups in total. The third kappa shape index (κ3) is 4.03. The van der Waals surface area contributed by atoms with E-state index in [1.165, 1.54) is 32.1 Å². The number of hydrogen-bond acceptors (Lipinski definition) is 3. The highest BCUT2D eigenvalue weighted by Gasteiger charge is 2.23. The van der Waals surface area contributed by atoms with E-state index in [2.05, 4.69) is 16.0 Å². The van der Waals surface area contributed by atoms with E-state index in [0.717, 1.165) is 27.4 Å². The van der Waals surface area contributed by atoms with E-state index in [1.807, 2.05) is 48.7 Å². The van der Waals surface area contributed by atoms with E-state index in [9.17, 15) is 4.79 Å². The van der Waals surface area contributed by atoms with Crippen molar-refractivity contribution in [3.05, 3.63) is 54.4 Å². The van der Waals surface area contributed by atoms with Gasteiger partial charge >= 0.3 is 0 Å². The highest BCUT2D eigenvalue weighted by atomic mass is 32.2. The molecule has 2 aromatic carbocycles. The van der Waals surface area contributed by atoms with Crippen LogP contribution in [0.5, 0.6) is 0 Å². The molecule has 1 amide bonds. The van der Waals surface area contributed by atoms with Gasteiger partial charge < -0.3 is 9.88 Å². The fourth-order valence-corrected chi connectivity index (χ4v) is 4.44. The second-order valence-corrected chi connectivity index (χ2v) is 8.04. The molecule has 0 aliphatic heterocycles. The highest BCUT2D eigenvalue weighted by Crippen LogP contribution is 2.34. The summed E-state index contributed by atoms with van der Waals surface area (Å²) < 4.78 is 2.12. The molecule has 1 aliphatic rings. The molecule has 1 saturated carbocycles. The highest BCUT2D eigenvalue weighted by molar-refractivity contribution is 7.98. The fourth-order valence-electron chi connectivity index (χ4n) is 3.98. The van der Waals surface area contributed by atoms with Crippen LogP contribution in [0.15, 0.2) is 53.4 Å². The van der Waals surface area contributed by atoms with Crippen molar-refractivity contribution in [1.29, 1.82) is 0 Å². The Morgan fingerprint density at radius 3 is 2.78 bits per heavy atom. The molecule has 1 fully saturated rings. The van der Waals surface area contributed by atoms with Crippen LogP contribution in [0.3, 0.4) is 0 Å². The van der Waals surface area contributed by atoms with Crippen LogP contribution in [-0.4, -0.2) is 21.7 Å². The quantitative estimate of drug-likeness (QED) is 0.600. The van der Waals surface area contributed by atoms with Gasteiger partial charge in [-0.2, -0.15) is 0 Å². The van der Waals surface area contributed by atoms with Crippen molar-refractivity contribution in [2.75, 3.05) is 11.6 Å². The van der Waals surface area contributed by atoms with Crippen LogP contribution in [0.2, 0.25) is 0 Å². The van der Waals surface area contributed by atoms with E-state index in [4.69, 9.17) is 4.98 Å². The molecule has 0 unspecified atom stereocenters. The second kappa shape index (κ2) is 8.17. The van der Waals surface area contributed by atoms with Crippen molar-refractivity contribution >= 4 is 34.4 Å². The van der Waals surface area contributed by atoms with Gasteiger partial charge in [0.1, 0.15) is 12.4 Å². The van der Waals surface area contributed by atoms with E-state index in [-0.39, 0.29) is 5.91 Å². The summed E-state index contributed by atoms with van der Waals surface area (Å²) in [5, 5.41) is 3.05. The molecule has 27 heavy (non-hydrogen) atoms. The van der Waals surface area contributed by atoms with Crippen molar-refractivity contribution < 1.29 is 4.79 Å². The van der Waals surface area contributed by atoms with E-state index in [1.54, 1.807) is 11.8 Å². The third-order valence-electron chi connectivity index (χ3n) is 5.31. The fraction of sp³-hybridized carbons (Fsp3) is 0.364. The molecule has 0 spiro atoms. The van der Waals surface area contributed by atoms with E-state index < -0.39 is 0 Å². The van der Waals surface area contributed by atoms with Gasteiger partial charge in [0.15, 0.2) is 0 Å². The number of imidazole rings is 1. The first-order valence-electron chi connectivity index (χ1n) is 9.63. The summed E-state index contributed by atoms with van der Waals surface area (Å²) >= 11 is 1.67. The maximum absolute atomic E-state index is 12.8. The van der Waals surface area contributed by atoms with Gasteiger partial charge in [-0.1, -0.05) is 37.5 Å². The lowest BCUT2D eigenvalue weighted by molar-refractivity contribution is -0.116. The lowest BCUT2D eigenvalue weighted by atomic mass is 9.88. The van der Waals surface area contributed by atoms with Crippen molar-refractivity contribution in [2.24, 2.45) is 0 Å². The minimum atomic E-state index is -0.00605. The van der Waals surface area contributed by atoms with Crippen LogP contribution in [0.25, 0.3) is 11.0 Å². The Bertz CT molecular complexity index is 944. The van der Waals surface area contributed by atoms with Gasteiger partial charge in [-0.15, -0.1) is 11.8 Å². The molecule has 1 heterocycles. The summed E-state index contributed by atoms with van der Waals surface area (Å²) in [6.07, 6.45) is 8.18. The monoisotopic (exact) mass is 379 g/mol. The third-order valence-corrected chi connectivity index (χ3v) is 6.03. The van der Waals surface area contributed by atoms with Crippen LogP contribution in [-0.2, 0) is 11.3 Å². The summed E-state index contributed by atoms with van der Waals surface area (Å²) in [7, 11) is 0. The number of hydrogen-bond donors (Lipinski definition) is 1. The topological polar surface area (TPSA) is 46.9 Å². The van der Waals surface area contributed by atoms with Gasteiger partial charge in [0, 0.05) is 16.5 Å². The molecular weight excluding hydrogens is 354 g/mol. The van der Waals surface area contributed by atoms with E-state index in [0.29, 0.717) is 12.5 Å². The second-order valence-electron chi connectivity index (χ2n) is 7.16. The number of thioether (sulfide) groups is 1. The average Bonchev–Trinajstić information content (AvgIpc) is 3.07. The zero-order valence-electron chi connectivity index (χ0n) is 15.6. The zero-order valence-corrected chi connectivity index (χ0v) is 16.5. The van der Waals surface area contributed by atoms with Gasteiger partial charge in [0.05, 0.1) is 11.0 Å². The van der Waals surface area contributed by atoms with E-state index >= 15 is 0 Å². The van der Waals surface area contributed by atoms with Gasteiger partial charge in [-0.05, 0) is 49.4 Å². The number of carbonyl (C=O) groups excluding carboxylic acids is 1. The minimum Gasteiger partial charge on any atom is -0.324 e. The van der Waals surface area contributed by atoms with Crippen LogP contribution in [0.4, 0.5) is 5.69 Å². The van der Waals surface area contributed by atoms with Gasteiger partial charge in [0.25, 0.3) is 0 Å². The van der Waals surface area contributed by atoms with Crippen molar-refractivity contribution in [3.63, 3.8) is 0 Å². The molecule has 140 valence electrons. The summed E-state index contributed by atoms with van der Waals surface area (Å²) in [5.41, 5.74) is 2.87. The molecule has 3 aromatic rings. The molecule has 4 nitrogen and oxygen atoms in total. The summed E-state index contributed by atoms with van der Waals surface area (Å²) in [6.45, 7) is 0.301. The van der Waals surface area contributed by atoms with Crippen LogP contribution >= 0.6 is 11.8 Å². The molecule has 5 heteroatoms. The van der Waals surface area contributed by atoms with Crippen molar-refractivity contribution in [1.82, 2.24) is 9.55 Å². The molecule has 4 rings (SSSR count). The minimum absolute atomic E-state index is 0.00605. The number of benzene rings is 2. The first-order chi connectivity index (χ1) is 13.2. The number of anilines is 1. The maximum Gasteiger partial charge on any atom is 0.244 e. The molecule has 0 bridgehead atoms. The lowest BCUT2D eigenvalue weighted by Crippen LogP contribution is -2.21. The molecule has 0 radical (unpaired) electrons. The number of para-hydroxylation sites is 2. The number of fused-ring (bicyclic) bond motifs is 1.